The molecule has 2 aromatic rings. The van der Waals surface area contributed by atoms with Crippen LogP contribution >= 0.6 is 0 Å². The van der Waals surface area contributed by atoms with Crippen LogP contribution in [-0.2, 0) is 0 Å². The third kappa shape index (κ3) is 1.60. The Labute approximate surface area is 91.5 Å². The van der Waals surface area contributed by atoms with Crippen LogP contribution in [0.4, 0.5) is 10.3 Å². The van der Waals surface area contributed by atoms with Crippen LogP contribution in [-0.4, -0.2) is 32.1 Å². The Morgan fingerprint density at radius 1 is 1.44 bits per heavy atom. The molecule has 0 saturated heterocycles. The summed E-state index contributed by atoms with van der Waals surface area (Å²) in [6.45, 7) is 0. The molecule has 16 heavy (non-hydrogen) atoms. The first kappa shape index (κ1) is 9.50. The number of imidazole rings is 1. The van der Waals surface area contributed by atoms with Crippen molar-refractivity contribution in [2.45, 2.75) is 31.5 Å². The monoisotopic (exact) mass is 221 g/mol. The molecule has 3 rings (SSSR count). The van der Waals surface area contributed by atoms with E-state index in [-0.39, 0.29) is 6.04 Å². The molecule has 2 N–H and O–H groups in total. The molecule has 2 heterocycles. The highest BCUT2D eigenvalue weighted by molar-refractivity contribution is 5.71. The lowest BCUT2D eigenvalue weighted by atomic mass is 10.2. The van der Waals surface area contributed by atoms with Crippen molar-refractivity contribution in [3.8, 4) is 0 Å². The van der Waals surface area contributed by atoms with Crippen LogP contribution in [0.15, 0.2) is 12.5 Å². The summed E-state index contributed by atoms with van der Waals surface area (Å²) >= 11 is 0. The summed E-state index contributed by atoms with van der Waals surface area (Å²) in [5.41, 5.74) is 1.37. The zero-order valence-corrected chi connectivity index (χ0v) is 8.65. The van der Waals surface area contributed by atoms with E-state index in [1.807, 2.05) is 0 Å². The van der Waals surface area contributed by atoms with E-state index in [2.05, 4.69) is 25.3 Å². The molecule has 1 saturated carbocycles. The summed E-state index contributed by atoms with van der Waals surface area (Å²) in [6, 6.07) is -0.131. The van der Waals surface area contributed by atoms with Crippen molar-refractivity contribution < 1.29 is 4.39 Å². The van der Waals surface area contributed by atoms with E-state index in [0.29, 0.717) is 23.5 Å². The Hall–Kier alpha value is -1.72. The van der Waals surface area contributed by atoms with Crippen molar-refractivity contribution in [3.63, 3.8) is 0 Å². The van der Waals surface area contributed by atoms with E-state index in [4.69, 9.17) is 0 Å². The molecule has 0 amide bonds. The van der Waals surface area contributed by atoms with Gasteiger partial charge in [0.1, 0.15) is 18.0 Å². The Morgan fingerprint density at radius 3 is 3.12 bits per heavy atom. The fraction of sp³-hybridized carbons (Fsp3) is 0.500. The van der Waals surface area contributed by atoms with Gasteiger partial charge in [-0.1, -0.05) is 0 Å². The number of H-pyrrole nitrogens is 1. The normalized spacial score (nSPS) is 25.1. The molecular formula is C10H12FN5. The molecule has 0 spiro atoms. The fourth-order valence-electron chi connectivity index (χ4n) is 2.08. The lowest BCUT2D eigenvalue weighted by Crippen LogP contribution is -2.25. The number of hydrogen-bond acceptors (Lipinski definition) is 4. The van der Waals surface area contributed by atoms with E-state index in [9.17, 15) is 4.39 Å². The Morgan fingerprint density at radius 2 is 2.38 bits per heavy atom. The van der Waals surface area contributed by atoms with Crippen molar-refractivity contribution in [1.29, 1.82) is 0 Å². The van der Waals surface area contributed by atoms with Crippen LogP contribution in [0.25, 0.3) is 11.2 Å². The van der Waals surface area contributed by atoms with E-state index in [0.717, 1.165) is 12.8 Å². The lowest BCUT2D eigenvalue weighted by Gasteiger charge is -2.13. The van der Waals surface area contributed by atoms with E-state index < -0.39 is 6.17 Å². The molecule has 1 aliphatic rings. The van der Waals surface area contributed by atoms with Crippen molar-refractivity contribution in [2.24, 2.45) is 0 Å². The van der Waals surface area contributed by atoms with Gasteiger partial charge in [0.2, 0.25) is 5.95 Å². The van der Waals surface area contributed by atoms with Gasteiger partial charge < -0.3 is 10.3 Å². The maximum Gasteiger partial charge on any atom is 0.202 e. The number of nitrogens with one attached hydrogen (secondary N) is 2. The molecule has 0 aromatic carbocycles. The van der Waals surface area contributed by atoms with E-state index >= 15 is 0 Å². The molecule has 1 aliphatic carbocycles. The number of rotatable bonds is 2. The number of halogens is 1. The summed E-state index contributed by atoms with van der Waals surface area (Å²) in [7, 11) is 0. The minimum Gasteiger partial charge on any atom is -0.350 e. The average molecular weight is 221 g/mol. The topological polar surface area (TPSA) is 66.5 Å². The quantitative estimate of drug-likeness (QED) is 0.809. The number of hydrogen-bond donors (Lipinski definition) is 2. The molecule has 6 heteroatoms. The van der Waals surface area contributed by atoms with Gasteiger partial charge in [0, 0.05) is 0 Å². The van der Waals surface area contributed by atoms with Crippen LogP contribution in [0.5, 0.6) is 0 Å². The highest BCUT2D eigenvalue weighted by Gasteiger charge is 2.27. The minimum absolute atomic E-state index is 0.131. The number of nitrogens with zero attached hydrogens (tertiary/aromatic N) is 3. The Kier molecular flexibility index (Phi) is 2.19. The third-order valence-electron chi connectivity index (χ3n) is 2.92. The largest absolute Gasteiger partial charge is 0.350 e. The first-order valence-electron chi connectivity index (χ1n) is 5.39. The highest BCUT2D eigenvalue weighted by Crippen LogP contribution is 2.24. The molecule has 5 nitrogen and oxygen atoms in total. The Bertz CT molecular complexity index is 464. The van der Waals surface area contributed by atoms with Crippen molar-refractivity contribution in [2.75, 3.05) is 5.32 Å². The SMILES string of the molecule is F[C@H]1CCC[C@@H]1Nc1nc2cncnc2[nH]1. The van der Waals surface area contributed by atoms with Gasteiger partial charge in [-0.2, -0.15) is 0 Å². The van der Waals surface area contributed by atoms with Crippen LogP contribution in [0, 0.1) is 0 Å². The molecule has 1 fully saturated rings. The maximum atomic E-state index is 13.4. The minimum atomic E-state index is -0.778. The summed E-state index contributed by atoms with van der Waals surface area (Å²) in [5.74, 6) is 0.574. The van der Waals surface area contributed by atoms with E-state index in [1.165, 1.54) is 6.33 Å². The predicted octanol–water partition coefficient (Wildman–Crippen LogP) is 1.66. The number of alkyl halides is 1. The fourth-order valence-corrected chi connectivity index (χ4v) is 2.08. The van der Waals surface area contributed by atoms with Gasteiger partial charge in [-0.15, -0.1) is 0 Å². The van der Waals surface area contributed by atoms with Gasteiger partial charge in [0.05, 0.1) is 12.2 Å². The van der Waals surface area contributed by atoms with Crippen LogP contribution < -0.4 is 5.32 Å². The molecule has 0 unspecified atom stereocenters. The van der Waals surface area contributed by atoms with Crippen molar-refractivity contribution in [1.82, 2.24) is 19.9 Å². The van der Waals surface area contributed by atoms with Crippen molar-refractivity contribution >= 4 is 17.1 Å². The standard InChI is InChI=1S/C10H12FN5/c11-6-2-1-3-7(6)14-10-15-8-4-12-5-13-9(8)16-10/h4-7H,1-3H2,(H2,12,13,14,15,16)/t6-,7-/m0/s1. The second kappa shape index (κ2) is 3.70. The number of anilines is 1. The number of fused-ring (bicyclic) bond motifs is 1. The van der Waals surface area contributed by atoms with Crippen LogP contribution in [0.3, 0.4) is 0 Å². The van der Waals surface area contributed by atoms with Gasteiger partial charge in [-0.3, -0.25) is 0 Å². The number of aromatic amines is 1. The van der Waals surface area contributed by atoms with Crippen molar-refractivity contribution in [3.05, 3.63) is 12.5 Å². The lowest BCUT2D eigenvalue weighted by molar-refractivity contribution is 0.323. The Balaban J connectivity index is 1.83. The molecule has 84 valence electrons. The summed E-state index contributed by atoms with van der Waals surface area (Å²) < 4.78 is 13.4. The van der Waals surface area contributed by atoms with Gasteiger partial charge >= 0.3 is 0 Å². The zero-order valence-electron chi connectivity index (χ0n) is 8.65. The van der Waals surface area contributed by atoms with E-state index in [1.54, 1.807) is 6.20 Å². The van der Waals surface area contributed by atoms with Gasteiger partial charge in [0.25, 0.3) is 0 Å². The smallest absolute Gasteiger partial charge is 0.202 e. The maximum absolute atomic E-state index is 13.4. The van der Waals surface area contributed by atoms with Gasteiger partial charge in [0.15, 0.2) is 5.65 Å². The molecular weight excluding hydrogens is 209 g/mol. The second-order valence-corrected chi connectivity index (χ2v) is 4.04. The summed E-state index contributed by atoms with van der Waals surface area (Å²) in [5, 5.41) is 3.07. The predicted molar refractivity (Wildman–Crippen MR) is 57.8 cm³/mol. The number of aromatic nitrogens is 4. The third-order valence-corrected chi connectivity index (χ3v) is 2.92. The molecule has 0 bridgehead atoms. The first-order valence-corrected chi connectivity index (χ1v) is 5.39. The highest BCUT2D eigenvalue weighted by atomic mass is 19.1. The molecule has 2 aromatic heterocycles. The van der Waals surface area contributed by atoms with Gasteiger partial charge in [-0.05, 0) is 19.3 Å². The van der Waals surface area contributed by atoms with Gasteiger partial charge in [-0.25, -0.2) is 19.3 Å². The molecule has 0 radical (unpaired) electrons. The average Bonchev–Trinajstić information content (AvgIpc) is 2.85. The zero-order chi connectivity index (χ0) is 11.0. The molecule has 0 aliphatic heterocycles. The summed E-state index contributed by atoms with van der Waals surface area (Å²) in [6.07, 6.45) is 4.73. The summed E-state index contributed by atoms with van der Waals surface area (Å²) in [4.78, 5) is 15.2. The molecule has 2 atom stereocenters. The first-order chi connectivity index (χ1) is 7.83. The van der Waals surface area contributed by atoms with Crippen LogP contribution in [0.2, 0.25) is 0 Å². The van der Waals surface area contributed by atoms with Crippen LogP contribution in [0.1, 0.15) is 19.3 Å². The second-order valence-electron chi connectivity index (χ2n) is 4.04.